The van der Waals surface area contributed by atoms with Gasteiger partial charge in [-0.15, -0.1) is 0 Å². The van der Waals surface area contributed by atoms with Crippen LogP contribution >= 0.6 is 0 Å². The molecule has 0 amide bonds. The van der Waals surface area contributed by atoms with Crippen molar-refractivity contribution in [3.05, 3.63) is 106 Å². The van der Waals surface area contributed by atoms with Gasteiger partial charge in [0.05, 0.1) is 5.56 Å². The third-order valence-electron chi connectivity index (χ3n) is 4.27. The number of carbonyl (C=O) groups excluding carboxylic acids is 2. The summed E-state index contributed by atoms with van der Waals surface area (Å²) < 4.78 is 6.53. The number of carbonyl (C=O) groups is 2. The van der Waals surface area contributed by atoms with E-state index in [-0.39, 0.29) is 18.0 Å². The lowest BCUT2D eigenvalue weighted by Gasteiger charge is -2.06. The van der Waals surface area contributed by atoms with Crippen LogP contribution < -0.4 is 5.69 Å². The Kier molecular flexibility index (Phi) is 4.55. The normalized spacial score (nSPS) is 10.7. The van der Waals surface area contributed by atoms with Crippen LogP contribution in [-0.2, 0) is 11.3 Å². The van der Waals surface area contributed by atoms with Gasteiger partial charge in [0.25, 0.3) is 0 Å². The lowest BCUT2D eigenvalue weighted by molar-refractivity contribution is 0.0472. The molecule has 0 atom stereocenters. The summed E-state index contributed by atoms with van der Waals surface area (Å²) >= 11 is 0. The summed E-state index contributed by atoms with van der Waals surface area (Å²) in [6.07, 6.45) is 1.38. The number of benzene rings is 2. The molecule has 138 valence electrons. The monoisotopic (exact) mass is 373 g/mol. The number of ether oxygens (including phenoxy) is 1. The number of aromatic nitrogens is 3. The second-order valence-corrected chi connectivity index (χ2v) is 6.14. The van der Waals surface area contributed by atoms with Gasteiger partial charge in [-0.2, -0.15) is 5.10 Å². The zero-order valence-corrected chi connectivity index (χ0v) is 14.7. The van der Waals surface area contributed by atoms with Crippen molar-refractivity contribution in [1.29, 1.82) is 0 Å². The first-order chi connectivity index (χ1) is 13.6. The molecule has 0 fully saturated rings. The third-order valence-corrected chi connectivity index (χ3v) is 4.27. The molecule has 0 unspecified atom stereocenters. The topological polar surface area (TPSA) is 93.5 Å². The summed E-state index contributed by atoms with van der Waals surface area (Å²) in [5.74, 6) is -0.623. The molecule has 0 saturated heterocycles. The highest BCUT2D eigenvalue weighted by Crippen LogP contribution is 2.13. The van der Waals surface area contributed by atoms with Crippen LogP contribution in [0.1, 0.15) is 31.8 Å². The van der Waals surface area contributed by atoms with E-state index >= 15 is 0 Å². The van der Waals surface area contributed by atoms with E-state index in [9.17, 15) is 14.4 Å². The first-order valence-corrected chi connectivity index (χ1v) is 8.54. The van der Waals surface area contributed by atoms with Crippen LogP contribution in [-0.4, -0.2) is 26.4 Å². The van der Waals surface area contributed by atoms with Crippen LogP contribution in [0.2, 0.25) is 0 Å². The van der Waals surface area contributed by atoms with Crippen molar-refractivity contribution in [3.8, 4) is 0 Å². The van der Waals surface area contributed by atoms with E-state index in [0.29, 0.717) is 16.8 Å². The molecule has 0 aliphatic heterocycles. The summed E-state index contributed by atoms with van der Waals surface area (Å²) in [5, 5.41) is 6.11. The molecule has 7 nitrogen and oxygen atoms in total. The Morgan fingerprint density at radius 2 is 1.57 bits per heavy atom. The van der Waals surface area contributed by atoms with Gasteiger partial charge < -0.3 is 4.74 Å². The molecule has 0 aliphatic carbocycles. The fourth-order valence-corrected chi connectivity index (χ4v) is 2.77. The Balaban J connectivity index is 1.43. The van der Waals surface area contributed by atoms with Gasteiger partial charge in [0.1, 0.15) is 6.61 Å². The predicted octanol–water partition coefficient (Wildman–Crippen LogP) is 2.61. The second kappa shape index (κ2) is 7.32. The lowest BCUT2D eigenvalue weighted by Crippen LogP contribution is -2.12. The zero-order valence-electron chi connectivity index (χ0n) is 14.7. The minimum Gasteiger partial charge on any atom is -0.457 e. The quantitative estimate of drug-likeness (QED) is 0.429. The molecule has 28 heavy (non-hydrogen) atoms. The van der Waals surface area contributed by atoms with Crippen molar-refractivity contribution in [2.24, 2.45) is 0 Å². The molecule has 0 bridgehead atoms. The number of rotatable bonds is 5. The summed E-state index contributed by atoms with van der Waals surface area (Å²) in [7, 11) is 0. The molecule has 0 saturated carbocycles. The van der Waals surface area contributed by atoms with Crippen molar-refractivity contribution in [3.63, 3.8) is 0 Å². The summed E-state index contributed by atoms with van der Waals surface area (Å²) in [4.78, 5) is 36.2. The van der Waals surface area contributed by atoms with Crippen LogP contribution in [0.25, 0.3) is 5.65 Å². The maximum atomic E-state index is 12.4. The number of aromatic amines is 1. The van der Waals surface area contributed by atoms with Gasteiger partial charge >= 0.3 is 11.7 Å². The Hall–Kier alpha value is -4.00. The highest BCUT2D eigenvalue weighted by molar-refractivity contribution is 6.08. The molecule has 4 aromatic rings. The standard InChI is InChI=1S/C21H15N3O4/c25-19(15-4-2-1-3-5-15)16-8-6-14(7-9-16)13-28-20(26)17-10-11-18-22-23-21(27)24(18)12-17/h1-12H,13H2,(H,23,27). The summed E-state index contributed by atoms with van der Waals surface area (Å²) in [5.41, 5.74) is 2.16. The first kappa shape index (κ1) is 17.4. The molecule has 4 rings (SSSR count). The van der Waals surface area contributed by atoms with Gasteiger partial charge in [-0.05, 0) is 17.7 Å². The van der Waals surface area contributed by atoms with E-state index in [1.54, 1.807) is 48.5 Å². The molecule has 2 heterocycles. The Morgan fingerprint density at radius 1 is 0.893 bits per heavy atom. The largest absolute Gasteiger partial charge is 0.457 e. The van der Waals surface area contributed by atoms with Crippen LogP contribution in [0, 0.1) is 0 Å². The van der Waals surface area contributed by atoms with Gasteiger partial charge in [-0.1, -0.05) is 54.6 Å². The van der Waals surface area contributed by atoms with Crippen LogP contribution in [0.4, 0.5) is 0 Å². The van der Waals surface area contributed by atoms with Crippen molar-refractivity contribution < 1.29 is 14.3 Å². The van der Waals surface area contributed by atoms with E-state index in [0.717, 1.165) is 5.56 Å². The van der Waals surface area contributed by atoms with Crippen molar-refractivity contribution in [1.82, 2.24) is 14.6 Å². The molecule has 2 aromatic carbocycles. The molecular weight excluding hydrogens is 358 g/mol. The highest BCUT2D eigenvalue weighted by atomic mass is 16.5. The second-order valence-electron chi connectivity index (χ2n) is 6.14. The number of ketones is 1. The number of hydrogen-bond donors (Lipinski definition) is 1. The van der Waals surface area contributed by atoms with Crippen LogP contribution in [0.5, 0.6) is 0 Å². The zero-order chi connectivity index (χ0) is 19.5. The fraction of sp³-hybridized carbons (Fsp3) is 0.0476. The Morgan fingerprint density at radius 3 is 2.32 bits per heavy atom. The van der Waals surface area contributed by atoms with Crippen molar-refractivity contribution >= 4 is 17.4 Å². The molecule has 0 aliphatic rings. The van der Waals surface area contributed by atoms with E-state index < -0.39 is 11.7 Å². The summed E-state index contributed by atoms with van der Waals surface area (Å²) in [6.45, 7) is 0.0525. The molecule has 0 spiro atoms. The van der Waals surface area contributed by atoms with E-state index in [1.165, 1.54) is 10.6 Å². The van der Waals surface area contributed by atoms with Crippen molar-refractivity contribution in [2.45, 2.75) is 6.61 Å². The van der Waals surface area contributed by atoms with Gasteiger partial charge in [0.2, 0.25) is 0 Å². The molecule has 7 heteroatoms. The number of pyridine rings is 1. The molecule has 2 aromatic heterocycles. The average molecular weight is 373 g/mol. The SMILES string of the molecule is O=C(OCc1ccc(C(=O)c2ccccc2)cc1)c1ccc2n[nH]c(=O)n2c1. The van der Waals surface area contributed by atoms with Crippen LogP contribution in [0.15, 0.2) is 77.7 Å². The number of H-pyrrole nitrogens is 1. The average Bonchev–Trinajstić information content (AvgIpc) is 3.12. The Bertz CT molecular complexity index is 1210. The van der Waals surface area contributed by atoms with Crippen molar-refractivity contribution in [2.75, 3.05) is 0 Å². The number of hydrogen-bond acceptors (Lipinski definition) is 5. The maximum absolute atomic E-state index is 12.4. The number of nitrogens with zero attached hydrogens (tertiary/aromatic N) is 2. The molecule has 1 N–H and O–H groups in total. The summed E-state index contributed by atoms with van der Waals surface area (Å²) in [6, 6.07) is 19.0. The Labute approximate surface area is 159 Å². The highest BCUT2D eigenvalue weighted by Gasteiger charge is 2.11. The maximum Gasteiger partial charge on any atom is 0.347 e. The number of esters is 1. The van der Waals surface area contributed by atoms with Gasteiger partial charge in [-0.25, -0.2) is 19.1 Å². The van der Waals surface area contributed by atoms with Gasteiger partial charge in [-0.3, -0.25) is 4.79 Å². The molecule has 0 radical (unpaired) electrons. The van der Waals surface area contributed by atoms with E-state index in [1.807, 2.05) is 18.2 Å². The number of nitrogens with one attached hydrogen (secondary N) is 1. The van der Waals surface area contributed by atoms with E-state index in [2.05, 4.69) is 10.2 Å². The minimum absolute atomic E-state index is 0.0525. The first-order valence-electron chi connectivity index (χ1n) is 8.54. The minimum atomic E-state index is -0.556. The van der Waals surface area contributed by atoms with E-state index in [4.69, 9.17) is 4.74 Å². The van der Waals surface area contributed by atoms with Gasteiger partial charge in [0.15, 0.2) is 11.4 Å². The van der Waals surface area contributed by atoms with Crippen LogP contribution in [0.3, 0.4) is 0 Å². The fourth-order valence-electron chi connectivity index (χ4n) is 2.77. The lowest BCUT2D eigenvalue weighted by atomic mass is 10.0. The molecular formula is C21H15N3O4. The smallest absolute Gasteiger partial charge is 0.347 e. The number of fused-ring (bicyclic) bond motifs is 1. The third kappa shape index (κ3) is 3.45. The van der Waals surface area contributed by atoms with Gasteiger partial charge in [0, 0.05) is 17.3 Å². The predicted molar refractivity (Wildman–Crippen MR) is 101 cm³/mol.